The minimum atomic E-state index is -3.66. The Balaban J connectivity index is 1.63. The molecule has 1 aliphatic carbocycles. The summed E-state index contributed by atoms with van der Waals surface area (Å²) in [7, 11) is -3.66. The number of anilines is 2. The summed E-state index contributed by atoms with van der Waals surface area (Å²) in [5.74, 6) is 1.43. The first-order chi connectivity index (χ1) is 13.0. The normalized spacial score (nSPS) is 16.1. The molecule has 1 heterocycles. The van der Waals surface area contributed by atoms with Gasteiger partial charge in [-0.15, -0.1) is 0 Å². The molecule has 7 heteroatoms. The highest BCUT2D eigenvalue weighted by Gasteiger charge is 2.18. The van der Waals surface area contributed by atoms with Gasteiger partial charge in [0.1, 0.15) is 11.6 Å². The number of aromatic nitrogens is 1. The minimum absolute atomic E-state index is 0.197. The fourth-order valence-electron chi connectivity index (χ4n) is 3.00. The van der Waals surface area contributed by atoms with Crippen LogP contribution in [0.2, 0.25) is 0 Å². The molecule has 6 nitrogen and oxygen atoms in total. The van der Waals surface area contributed by atoms with Gasteiger partial charge < -0.3 is 10.1 Å². The maximum absolute atomic E-state index is 12.6. The van der Waals surface area contributed by atoms with Gasteiger partial charge >= 0.3 is 0 Å². The smallest absolute Gasteiger partial charge is 0.261 e. The largest absolute Gasteiger partial charge is 0.490 e. The lowest BCUT2D eigenvalue weighted by Gasteiger charge is -2.14. The molecule has 0 saturated heterocycles. The Bertz CT molecular complexity index is 830. The first-order valence-electron chi connectivity index (χ1n) is 9.48. The quantitative estimate of drug-likeness (QED) is 0.699. The Kier molecular flexibility index (Phi) is 6.21. The van der Waals surface area contributed by atoms with Crippen LogP contribution in [0, 0.1) is 0 Å². The van der Waals surface area contributed by atoms with Crippen LogP contribution in [0.4, 0.5) is 11.5 Å². The van der Waals surface area contributed by atoms with Crippen molar-refractivity contribution in [2.45, 2.75) is 63.0 Å². The monoisotopic (exact) mass is 389 g/mol. The summed E-state index contributed by atoms with van der Waals surface area (Å²) in [6.45, 7) is 4.16. The molecule has 0 spiro atoms. The fourth-order valence-corrected chi connectivity index (χ4v) is 4.05. The second-order valence-corrected chi connectivity index (χ2v) is 8.67. The Morgan fingerprint density at radius 2 is 1.85 bits per heavy atom. The van der Waals surface area contributed by atoms with Gasteiger partial charge in [0.2, 0.25) is 0 Å². The number of sulfonamides is 1. The summed E-state index contributed by atoms with van der Waals surface area (Å²) in [6.07, 6.45) is 7.27. The van der Waals surface area contributed by atoms with E-state index in [1.54, 1.807) is 36.4 Å². The van der Waals surface area contributed by atoms with Crippen molar-refractivity contribution < 1.29 is 13.2 Å². The lowest BCUT2D eigenvalue weighted by molar-refractivity contribution is 0.210. The molecule has 27 heavy (non-hydrogen) atoms. The lowest BCUT2D eigenvalue weighted by atomic mass is 10.2. The third-order valence-corrected chi connectivity index (χ3v) is 6.16. The molecule has 146 valence electrons. The molecule has 1 unspecified atom stereocenters. The number of hydrogen-bond donors (Lipinski definition) is 2. The van der Waals surface area contributed by atoms with E-state index in [0.717, 1.165) is 25.1 Å². The maximum atomic E-state index is 12.6. The predicted octanol–water partition coefficient (Wildman–Crippen LogP) is 4.41. The Morgan fingerprint density at radius 1 is 1.15 bits per heavy atom. The molecule has 1 fully saturated rings. The molecule has 1 saturated carbocycles. The zero-order chi connectivity index (χ0) is 19.3. The SMILES string of the molecule is CCC(C)Nc1ccc(NS(=O)(=O)c2ccc(OC3CCCC3)cc2)cn1. The van der Waals surface area contributed by atoms with Gasteiger partial charge in [0.05, 0.1) is 22.9 Å². The van der Waals surface area contributed by atoms with Crippen molar-refractivity contribution in [3.63, 3.8) is 0 Å². The number of benzene rings is 1. The van der Waals surface area contributed by atoms with Gasteiger partial charge in [-0.2, -0.15) is 0 Å². The van der Waals surface area contributed by atoms with E-state index in [-0.39, 0.29) is 11.0 Å². The molecule has 2 aromatic rings. The molecule has 0 aliphatic heterocycles. The van der Waals surface area contributed by atoms with Crippen LogP contribution in [-0.2, 0) is 10.0 Å². The highest BCUT2D eigenvalue weighted by atomic mass is 32.2. The van der Waals surface area contributed by atoms with Crippen molar-refractivity contribution in [1.29, 1.82) is 0 Å². The number of nitrogens with one attached hydrogen (secondary N) is 2. The molecule has 0 amide bonds. The zero-order valence-electron chi connectivity index (χ0n) is 15.8. The third-order valence-electron chi connectivity index (χ3n) is 4.76. The standard InChI is InChI=1S/C20H27N3O3S/c1-3-15(2)22-20-13-8-16(14-21-20)23-27(24,25)19-11-9-18(10-12-19)26-17-6-4-5-7-17/h8-15,17,23H,3-7H2,1-2H3,(H,21,22). The molecule has 0 bridgehead atoms. The Labute approximate surface area is 161 Å². The van der Waals surface area contributed by atoms with E-state index in [1.165, 1.54) is 19.0 Å². The average Bonchev–Trinajstić information content (AvgIpc) is 3.16. The summed E-state index contributed by atoms with van der Waals surface area (Å²) in [5.41, 5.74) is 0.427. The maximum Gasteiger partial charge on any atom is 0.261 e. The summed E-state index contributed by atoms with van der Waals surface area (Å²) < 4.78 is 33.6. The second kappa shape index (κ2) is 8.61. The molecule has 3 rings (SSSR count). The minimum Gasteiger partial charge on any atom is -0.490 e. The molecule has 2 N–H and O–H groups in total. The summed E-state index contributed by atoms with van der Waals surface area (Å²) in [5, 5.41) is 3.25. The van der Waals surface area contributed by atoms with Gasteiger partial charge in [-0.1, -0.05) is 6.92 Å². The van der Waals surface area contributed by atoms with Crippen molar-refractivity contribution in [2.24, 2.45) is 0 Å². The number of hydrogen-bond acceptors (Lipinski definition) is 5. The van der Waals surface area contributed by atoms with Crippen LogP contribution in [0.5, 0.6) is 5.75 Å². The van der Waals surface area contributed by atoms with E-state index in [9.17, 15) is 8.42 Å². The zero-order valence-corrected chi connectivity index (χ0v) is 16.6. The van der Waals surface area contributed by atoms with Crippen molar-refractivity contribution in [1.82, 2.24) is 4.98 Å². The molecular formula is C20H27N3O3S. The summed E-state index contributed by atoms with van der Waals surface area (Å²) >= 11 is 0. The predicted molar refractivity (Wildman–Crippen MR) is 108 cm³/mol. The first kappa shape index (κ1) is 19.5. The molecule has 1 atom stereocenters. The van der Waals surface area contributed by atoms with Crippen molar-refractivity contribution in [3.8, 4) is 5.75 Å². The topological polar surface area (TPSA) is 80.3 Å². The van der Waals surface area contributed by atoms with Gasteiger partial charge in [0.15, 0.2) is 0 Å². The first-order valence-corrected chi connectivity index (χ1v) is 11.0. The van der Waals surface area contributed by atoms with Gasteiger partial charge in [0, 0.05) is 6.04 Å². The van der Waals surface area contributed by atoms with Crippen LogP contribution in [0.25, 0.3) is 0 Å². The van der Waals surface area contributed by atoms with Gasteiger partial charge in [-0.05, 0) is 75.4 Å². The number of rotatable bonds is 8. The van der Waals surface area contributed by atoms with E-state index in [2.05, 4.69) is 28.9 Å². The molecule has 1 aromatic heterocycles. The van der Waals surface area contributed by atoms with Crippen LogP contribution in [0.15, 0.2) is 47.5 Å². The summed E-state index contributed by atoms with van der Waals surface area (Å²) in [6, 6.07) is 10.3. The Hall–Kier alpha value is -2.28. The van der Waals surface area contributed by atoms with Crippen LogP contribution in [0.1, 0.15) is 46.0 Å². The van der Waals surface area contributed by atoms with Crippen LogP contribution < -0.4 is 14.8 Å². The second-order valence-electron chi connectivity index (χ2n) is 6.99. The highest BCUT2D eigenvalue weighted by Crippen LogP contribution is 2.25. The van der Waals surface area contributed by atoms with Crippen LogP contribution in [-0.4, -0.2) is 25.5 Å². The van der Waals surface area contributed by atoms with Crippen molar-refractivity contribution >= 4 is 21.5 Å². The van der Waals surface area contributed by atoms with E-state index < -0.39 is 10.0 Å². The number of pyridine rings is 1. The van der Waals surface area contributed by atoms with Gasteiger partial charge in [0.25, 0.3) is 10.0 Å². The van der Waals surface area contributed by atoms with Crippen LogP contribution in [0.3, 0.4) is 0 Å². The number of nitrogens with zero attached hydrogens (tertiary/aromatic N) is 1. The average molecular weight is 390 g/mol. The van der Waals surface area contributed by atoms with E-state index >= 15 is 0 Å². The molecular weight excluding hydrogens is 362 g/mol. The van der Waals surface area contributed by atoms with E-state index in [0.29, 0.717) is 17.5 Å². The van der Waals surface area contributed by atoms with E-state index in [4.69, 9.17) is 4.74 Å². The lowest BCUT2D eigenvalue weighted by Crippen LogP contribution is -2.15. The third kappa shape index (κ3) is 5.35. The van der Waals surface area contributed by atoms with Gasteiger partial charge in [-0.25, -0.2) is 13.4 Å². The summed E-state index contributed by atoms with van der Waals surface area (Å²) in [4.78, 5) is 4.46. The van der Waals surface area contributed by atoms with Gasteiger partial charge in [-0.3, -0.25) is 4.72 Å². The van der Waals surface area contributed by atoms with Crippen LogP contribution >= 0.6 is 0 Å². The van der Waals surface area contributed by atoms with E-state index in [1.807, 2.05) is 0 Å². The number of ether oxygens (including phenoxy) is 1. The van der Waals surface area contributed by atoms with Crippen molar-refractivity contribution in [3.05, 3.63) is 42.6 Å². The van der Waals surface area contributed by atoms with Crippen molar-refractivity contribution in [2.75, 3.05) is 10.0 Å². The Morgan fingerprint density at radius 3 is 2.44 bits per heavy atom. The molecule has 1 aromatic carbocycles. The fraction of sp³-hybridized carbons (Fsp3) is 0.450. The highest BCUT2D eigenvalue weighted by molar-refractivity contribution is 7.92. The molecule has 1 aliphatic rings. The molecule has 0 radical (unpaired) electrons.